The number of imide groups is 1. The Morgan fingerprint density at radius 3 is 2.78 bits per heavy atom. The molecule has 2 N–H and O–H groups in total. The summed E-state index contributed by atoms with van der Waals surface area (Å²) in [5, 5.41) is 5.93. The van der Waals surface area contributed by atoms with Gasteiger partial charge in [0.05, 0.1) is 25.4 Å². The number of ether oxygens (including phenoxy) is 2. The summed E-state index contributed by atoms with van der Waals surface area (Å²) in [7, 11) is 1.54. The summed E-state index contributed by atoms with van der Waals surface area (Å²) in [4.78, 5) is 25.4. The molecule has 3 amide bonds. The number of urea groups is 1. The van der Waals surface area contributed by atoms with Crippen LogP contribution in [0, 0.1) is 0 Å². The molecule has 0 aromatic heterocycles. The topological polar surface area (TPSA) is 79.9 Å². The molecule has 0 aromatic rings. The van der Waals surface area contributed by atoms with Crippen molar-refractivity contribution in [3.05, 3.63) is 0 Å². The summed E-state index contributed by atoms with van der Waals surface area (Å²) < 4.78 is 10.6. The summed E-state index contributed by atoms with van der Waals surface area (Å²) >= 11 is 0. The van der Waals surface area contributed by atoms with Crippen LogP contribution in [0.3, 0.4) is 0 Å². The Hall–Kier alpha value is -1.18. The van der Waals surface area contributed by atoms with Crippen LogP contribution in [0.15, 0.2) is 0 Å². The molecule has 7 nitrogen and oxygen atoms in total. The molecule has 0 radical (unpaired) electrons. The van der Waals surface area contributed by atoms with Crippen molar-refractivity contribution in [2.45, 2.75) is 17.6 Å². The van der Waals surface area contributed by atoms with Crippen LogP contribution in [-0.4, -0.2) is 67.9 Å². The standard InChI is InChI=1S/C11H17N3O4/c1-17-3-2-14-8(15)11(13-9(14)16)4-10(18-7-11)5-12-6-10/h12H,2-7H2,1H3,(H,13,16). The number of hydrogen-bond donors (Lipinski definition) is 2. The van der Waals surface area contributed by atoms with E-state index in [-0.39, 0.29) is 30.7 Å². The summed E-state index contributed by atoms with van der Waals surface area (Å²) in [6.07, 6.45) is 0.557. The van der Waals surface area contributed by atoms with Crippen LogP contribution in [0.5, 0.6) is 0 Å². The zero-order chi connectivity index (χ0) is 12.8. The largest absolute Gasteiger partial charge is 0.383 e. The lowest BCUT2D eigenvalue weighted by Crippen LogP contribution is -2.60. The molecule has 0 aliphatic carbocycles. The number of amides is 3. The highest BCUT2D eigenvalue weighted by Crippen LogP contribution is 2.39. The van der Waals surface area contributed by atoms with Crippen molar-refractivity contribution in [2.75, 3.05) is 40.0 Å². The van der Waals surface area contributed by atoms with E-state index in [2.05, 4.69) is 10.6 Å². The molecule has 3 saturated heterocycles. The van der Waals surface area contributed by atoms with E-state index >= 15 is 0 Å². The molecule has 1 unspecified atom stereocenters. The second kappa shape index (κ2) is 3.91. The van der Waals surface area contributed by atoms with Crippen LogP contribution >= 0.6 is 0 Å². The maximum absolute atomic E-state index is 12.4. The maximum Gasteiger partial charge on any atom is 0.325 e. The summed E-state index contributed by atoms with van der Waals surface area (Å²) in [5.74, 6) is -0.187. The first kappa shape index (κ1) is 11.9. The Balaban J connectivity index is 1.75. The number of rotatable bonds is 3. The predicted octanol–water partition coefficient (Wildman–Crippen LogP) is -1.31. The molecule has 0 aromatic carbocycles. The summed E-state index contributed by atoms with van der Waals surface area (Å²) in [6.45, 7) is 2.39. The summed E-state index contributed by atoms with van der Waals surface area (Å²) in [5.41, 5.74) is -1.12. The zero-order valence-corrected chi connectivity index (χ0v) is 10.3. The smallest absolute Gasteiger partial charge is 0.325 e. The molecule has 100 valence electrons. The minimum Gasteiger partial charge on any atom is -0.383 e. The highest BCUT2D eigenvalue weighted by molar-refractivity contribution is 6.07. The maximum atomic E-state index is 12.4. The number of carbonyl (C=O) groups excluding carboxylic acids is 2. The first-order valence-electron chi connectivity index (χ1n) is 6.09. The van der Waals surface area contributed by atoms with Gasteiger partial charge in [-0.05, 0) is 0 Å². The third kappa shape index (κ3) is 1.54. The number of nitrogens with one attached hydrogen (secondary N) is 2. The lowest BCUT2D eigenvalue weighted by Gasteiger charge is -2.38. The molecule has 3 rings (SSSR count). The monoisotopic (exact) mass is 255 g/mol. The SMILES string of the molecule is COCCN1C(=O)NC2(COC3(CNC3)C2)C1=O. The molecule has 2 spiro atoms. The van der Waals surface area contributed by atoms with Gasteiger partial charge in [-0.1, -0.05) is 0 Å². The fourth-order valence-electron chi connectivity index (χ4n) is 2.84. The fraction of sp³-hybridized carbons (Fsp3) is 0.818. The minimum atomic E-state index is -0.854. The highest BCUT2D eigenvalue weighted by Gasteiger charge is 2.61. The van der Waals surface area contributed by atoms with Crippen LogP contribution in [0.25, 0.3) is 0 Å². The molecule has 7 heteroatoms. The summed E-state index contributed by atoms with van der Waals surface area (Å²) in [6, 6.07) is -0.343. The van der Waals surface area contributed by atoms with Gasteiger partial charge in [-0.3, -0.25) is 9.69 Å². The average Bonchev–Trinajstić information content (AvgIpc) is 2.79. The molecule has 3 fully saturated rings. The number of nitrogens with zero attached hydrogens (tertiary/aromatic N) is 1. The Morgan fingerprint density at radius 2 is 2.22 bits per heavy atom. The van der Waals surface area contributed by atoms with Crippen molar-refractivity contribution < 1.29 is 19.1 Å². The first-order valence-corrected chi connectivity index (χ1v) is 6.09. The van der Waals surface area contributed by atoms with Crippen molar-refractivity contribution in [3.63, 3.8) is 0 Å². The van der Waals surface area contributed by atoms with Gasteiger partial charge in [0.1, 0.15) is 5.54 Å². The van der Waals surface area contributed by atoms with Gasteiger partial charge in [0.15, 0.2) is 0 Å². The Labute approximate surface area is 105 Å². The van der Waals surface area contributed by atoms with Gasteiger partial charge in [-0.25, -0.2) is 4.79 Å². The van der Waals surface area contributed by atoms with Crippen LogP contribution in [0.1, 0.15) is 6.42 Å². The quantitative estimate of drug-likeness (QED) is 0.612. The van der Waals surface area contributed by atoms with E-state index in [1.807, 2.05) is 0 Å². The van der Waals surface area contributed by atoms with Gasteiger partial charge in [-0.2, -0.15) is 0 Å². The third-order valence-electron chi connectivity index (χ3n) is 3.91. The molecule has 1 atom stereocenters. The second-order valence-corrected chi connectivity index (χ2v) is 5.21. The number of methoxy groups -OCH3 is 1. The molecular weight excluding hydrogens is 238 g/mol. The van der Waals surface area contributed by atoms with E-state index in [1.165, 1.54) is 4.90 Å². The van der Waals surface area contributed by atoms with Crippen molar-refractivity contribution in [3.8, 4) is 0 Å². The predicted molar refractivity (Wildman–Crippen MR) is 61.0 cm³/mol. The van der Waals surface area contributed by atoms with E-state index in [0.29, 0.717) is 13.0 Å². The second-order valence-electron chi connectivity index (χ2n) is 5.21. The Morgan fingerprint density at radius 1 is 1.44 bits per heavy atom. The van der Waals surface area contributed by atoms with Crippen LogP contribution in [0.4, 0.5) is 4.79 Å². The highest BCUT2D eigenvalue weighted by atomic mass is 16.5. The van der Waals surface area contributed by atoms with E-state index < -0.39 is 5.54 Å². The van der Waals surface area contributed by atoms with Crippen molar-refractivity contribution in [2.24, 2.45) is 0 Å². The van der Waals surface area contributed by atoms with Crippen molar-refractivity contribution >= 4 is 11.9 Å². The van der Waals surface area contributed by atoms with Gasteiger partial charge in [0.25, 0.3) is 5.91 Å². The number of carbonyl (C=O) groups is 2. The van der Waals surface area contributed by atoms with Crippen molar-refractivity contribution in [1.29, 1.82) is 0 Å². The van der Waals surface area contributed by atoms with E-state index in [4.69, 9.17) is 9.47 Å². The van der Waals surface area contributed by atoms with E-state index in [9.17, 15) is 9.59 Å². The van der Waals surface area contributed by atoms with Crippen LogP contribution in [-0.2, 0) is 14.3 Å². The Bertz CT molecular complexity index is 396. The Kier molecular flexibility index (Phi) is 2.58. The van der Waals surface area contributed by atoms with E-state index in [1.54, 1.807) is 7.11 Å². The van der Waals surface area contributed by atoms with Crippen LogP contribution < -0.4 is 10.6 Å². The van der Waals surface area contributed by atoms with E-state index in [0.717, 1.165) is 13.1 Å². The molecular formula is C11H17N3O4. The number of hydrogen-bond acceptors (Lipinski definition) is 5. The molecule has 3 aliphatic rings. The van der Waals surface area contributed by atoms with Crippen molar-refractivity contribution in [1.82, 2.24) is 15.5 Å². The fourth-order valence-corrected chi connectivity index (χ4v) is 2.84. The first-order chi connectivity index (χ1) is 8.61. The van der Waals surface area contributed by atoms with Gasteiger partial charge in [0.2, 0.25) is 0 Å². The lowest BCUT2D eigenvalue weighted by molar-refractivity contribution is -0.131. The molecule has 3 aliphatic heterocycles. The average molecular weight is 255 g/mol. The molecule has 18 heavy (non-hydrogen) atoms. The molecule has 0 bridgehead atoms. The normalized spacial score (nSPS) is 33.3. The zero-order valence-electron chi connectivity index (χ0n) is 10.3. The van der Waals surface area contributed by atoms with Gasteiger partial charge >= 0.3 is 6.03 Å². The van der Waals surface area contributed by atoms with Gasteiger partial charge < -0.3 is 20.1 Å². The van der Waals surface area contributed by atoms with Gasteiger partial charge in [-0.15, -0.1) is 0 Å². The minimum absolute atomic E-state index is 0.187. The molecule has 0 saturated carbocycles. The molecule has 3 heterocycles. The van der Waals surface area contributed by atoms with Gasteiger partial charge in [0, 0.05) is 26.6 Å². The lowest BCUT2D eigenvalue weighted by atomic mass is 9.84. The third-order valence-corrected chi connectivity index (χ3v) is 3.91. The van der Waals surface area contributed by atoms with Crippen LogP contribution in [0.2, 0.25) is 0 Å².